The number of phenols is 2. The Bertz CT molecular complexity index is 1370. The predicted molar refractivity (Wildman–Crippen MR) is 135 cm³/mol. The van der Waals surface area contributed by atoms with Gasteiger partial charge in [-0.05, 0) is 60.4 Å². The Morgan fingerprint density at radius 1 is 0.882 bits per heavy atom. The molecule has 0 aliphatic carbocycles. The first-order valence-corrected chi connectivity index (χ1v) is 11.0. The summed E-state index contributed by atoms with van der Waals surface area (Å²) in [7, 11) is 3.05. The molecule has 1 aromatic heterocycles. The van der Waals surface area contributed by atoms with E-state index in [4.69, 9.17) is 14.5 Å². The van der Waals surface area contributed by atoms with E-state index in [1.54, 1.807) is 12.1 Å². The zero-order valence-electron chi connectivity index (χ0n) is 19.4. The molecule has 0 fully saturated rings. The number of imidazole rings is 1. The lowest BCUT2D eigenvalue weighted by Crippen LogP contribution is -2.05. The van der Waals surface area contributed by atoms with Gasteiger partial charge in [-0.3, -0.25) is 0 Å². The molecule has 0 aliphatic heterocycles. The van der Waals surface area contributed by atoms with E-state index in [0.717, 1.165) is 22.2 Å². The number of nitrogens with zero attached hydrogens (tertiary/aromatic N) is 2. The van der Waals surface area contributed by atoms with Gasteiger partial charge in [0.1, 0.15) is 5.82 Å². The summed E-state index contributed by atoms with van der Waals surface area (Å²) in [4.78, 5) is 4.84. The number of rotatable bonds is 9. The molecule has 4 aromatic rings. The van der Waals surface area contributed by atoms with Crippen LogP contribution in [0.25, 0.3) is 22.4 Å². The molecule has 0 atom stereocenters. The smallest absolute Gasteiger partial charge is 0.168 e. The molecule has 0 saturated carbocycles. The number of hydrogen-bond acceptors (Lipinski definition) is 5. The van der Waals surface area contributed by atoms with Crippen molar-refractivity contribution < 1.29 is 19.7 Å². The Balaban J connectivity index is 1.95. The number of hydrogen-bond donors (Lipinski definition) is 2. The summed E-state index contributed by atoms with van der Waals surface area (Å²) in [6.45, 7) is 7.96. The third-order valence-corrected chi connectivity index (χ3v) is 5.77. The molecular weight excluding hydrogens is 428 g/mol. The molecule has 0 aliphatic rings. The van der Waals surface area contributed by atoms with Crippen molar-refractivity contribution in [3.63, 3.8) is 0 Å². The number of ether oxygens (including phenoxy) is 2. The third kappa shape index (κ3) is 4.22. The lowest BCUT2D eigenvalue weighted by Gasteiger charge is -2.16. The van der Waals surface area contributed by atoms with Crippen LogP contribution >= 0.6 is 0 Å². The maximum atomic E-state index is 11.0. The number of fused-ring (bicyclic) bond motifs is 1. The fourth-order valence-corrected chi connectivity index (χ4v) is 4.18. The van der Waals surface area contributed by atoms with Gasteiger partial charge in [0.2, 0.25) is 0 Å². The lowest BCUT2D eigenvalue weighted by molar-refractivity contribution is 0.369. The van der Waals surface area contributed by atoms with E-state index in [0.29, 0.717) is 47.8 Å². The van der Waals surface area contributed by atoms with Gasteiger partial charge in [0.25, 0.3) is 0 Å². The summed E-state index contributed by atoms with van der Waals surface area (Å²) in [6, 6.07) is 15.2. The lowest BCUT2D eigenvalue weighted by atomic mass is 10.0. The van der Waals surface area contributed by atoms with Crippen LogP contribution in [0.15, 0.2) is 73.8 Å². The zero-order valence-corrected chi connectivity index (χ0v) is 19.4. The van der Waals surface area contributed by atoms with Gasteiger partial charge in [-0.25, -0.2) is 4.98 Å². The minimum Gasteiger partial charge on any atom is -0.504 e. The van der Waals surface area contributed by atoms with Crippen LogP contribution in [0.1, 0.15) is 16.7 Å². The number of para-hydroxylation sites is 2. The largest absolute Gasteiger partial charge is 0.504 e. The second-order valence-corrected chi connectivity index (χ2v) is 8.00. The van der Waals surface area contributed by atoms with Crippen LogP contribution in [0.4, 0.5) is 0 Å². The first-order chi connectivity index (χ1) is 16.5. The molecule has 6 nitrogen and oxygen atoms in total. The van der Waals surface area contributed by atoms with Crippen LogP contribution < -0.4 is 9.47 Å². The molecule has 0 saturated heterocycles. The summed E-state index contributed by atoms with van der Waals surface area (Å²) in [5, 5.41) is 21.9. The van der Waals surface area contributed by atoms with Crippen molar-refractivity contribution in [1.29, 1.82) is 0 Å². The maximum Gasteiger partial charge on any atom is 0.168 e. The minimum absolute atomic E-state index is 0.00841. The van der Waals surface area contributed by atoms with E-state index < -0.39 is 0 Å². The average molecular weight is 457 g/mol. The van der Waals surface area contributed by atoms with Crippen LogP contribution in [-0.2, 0) is 19.4 Å². The first-order valence-electron chi connectivity index (χ1n) is 11.0. The molecule has 34 heavy (non-hydrogen) atoms. The van der Waals surface area contributed by atoms with Crippen LogP contribution in [0.2, 0.25) is 0 Å². The molecule has 1 heterocycles. The van der Waals surface area contributed by atoms with Crippen molar-refractivity contribution in [2.45, 2.75) is 19.4 Å². The van der Waals surface area contributed by atoms with Gasteiger partial charge in [-0.1, -0.05) is 24.3 Å². The van der Waals surface area contributed by atoms with Gasteiger partial charge in [0, 0.05) is 5.56 Å². The number of benzene rings is 3. The minimum atomic E-state index is 0.00841. The van der Waals surface area contributed by atoms with Gasteiger partial charge >= 0.3 is 0 Å². The quantitative estimate of drug-likeness (QED) is 0.319. The Labute approximate surface area is 199 Å². The number of allylic oxidation sites excluding steroid dienone is 2. The molecule has 0 radical (unpaired) electrons. The van der Waals surface area contributed by atoms with Gasteiger partial charge in [0.15, 0.2) is 23.0 Å². The first kappa shape index (κ1) is 23.0. The number of methoxy groups -OCH3 is 2. The highest BCUT2D eigenvalue weighted by Crippen LogP contribution is 2.40. The van der Waals surface area contributed by atoms with E-state index >= 15 is 0 Å². The summed E-state index contributed by atoms with van der Waals surface area (Å²) < 4.78 is 12.8. The second-order valence-electron chi connectivity index (χ2n) is 8.00. The standard InChI is InChI=1S/C28H28N2O4/c1-5-9-18-13-20(26(31)24(15-18)33-3)17-30-23-12-8-7-11-22(23)29-28(30)21-14-19(10-6-2)16-25(34-4)27(21)32/h5-8,11-16,31-32H,1-2,9-10,17H2,3-4H3. The summed E-state index contributed by atoms with van der Waals surface area (Å²) >= 11 is 0. The highest BCUT2D eigenvalue weighted by Gasteiger charge is 2.21. The molecule has 6 heteroatoms. The highest BCUT2D eigenvalue weighted by atomic mass is 16.5. The van der Waals surface area contributed by atoms with E-state index in [-0.39, 0.29) is 11.5 Å². The molecule has 174 valence electrons. The molecule has 2 N–H and O–H groups in total. The van der Waals surface area contributed by atoms with Crippen LogP contribution in [-0.4, -0.2) is 34.0 Å². The van der Waals surface area contributed by atoms with Crippen molar-refractivity contribution in [2.24, 2.45) is 0 Å². The number of aromatic nitrogens is 2. The molecule has 0 unspecified atom stereocenters. The Kier molecular flexibility index (Phi) is 6.59. The number of aromatic hydroxyl groups is 2. The molecule has 0 amide bonds. The van der Waals surface area contributed by atoms with Gasteiger partial charge in [0.05, 0.1) is 37.4 Å². The highest BCUT2D eigenvalue weighted by molar-refractivity contribution is 5.83. The predicted octanol–water partition coefficient (Wildman–Crippen LogP) is 5.64. The fourth-order valence-electron chi connectivity index (χ4n) is 4.18. The Morgan fingerprint density at radius 2 is 1.50 bits per heavy atom. The molecule has 0 spiro atoms. The van der Waals surface area contributed by atoms with E-state index in [1.165, 1.54) is 14.2 Å². The van der Waals surface area contributed by atoms with Gasteiger partial charge < -0.3 is 24.3 Å². The number of phenolic OH excluding ortho intramolecular Hbond substituents is 2. The van der Waals surface area contributed by atoms with Crippen molar-refractivity contribution in [3.05, 3.63) is 90.5 Å². The topological polar surface area (TPSA) is 76.7 Å². The van der Waals surface area contributed by atoms with Crippen LogP contribution in [0, 0.1) is 0 Å². The monoisotopic (exact) mass is 456 g/mol. The second kappa shape index (κ2) is 9.75. The van der Waals surface area contributed by atoms with Crippen LogP contribution in [0.5, 0.6) is 23.0 Å². The van der Waals surface area contributed by atoms with Crippen molar-refractivity contribution in [3.8, 4) is 34.4 Å². The fraction of sp³-hybridized carbons (Fsp3) is 0.179. The zero-order chi connectivity index (χ0) is 24.2. The Morgan fingerprint density at radius 3 is 2.15 bits per heavy atom. The van der Waals surface area contributed by atoms with Crippen molar-refractivity contribution >= 4 is 11.0 Å². The van der Waals surface area contributed by atoms with E-state index in [2.05, 4.69) is 13.2 Å². The van der Waals surface area contributed by atoms with Gasteiger partial charge in [-0.15, -0.1) is 13.2 Å². The molecule has 3 aromatic carbocycles. The molecule has 0 bridgehead atoms. The average Bonchev–Trinajstić information content (AvgIpc) is 3.20. The van der Waals surface area contributed by atoms with Crippen molar-refractivity contribution in [2.75, 3.05) is 14.2 Å². The van der Waals surface area contributed by atoms with Gasteiger partial charge in [-0.2, -0.15) is 0 Å². The SMILES string of the molecule is C=CCc1cc(Cn2c(-c3cc(CC=C)cc(OC)c3O)nc3ccccc32)c(O)c(OC)c1. The maximum absolute atomic E-state index is 11.0. The third-order valence-electron chi connectivity index (χ3n) is 5.77. The van der Waals surface area contributed by atoms with E-state index in [1.807, 2.05) is 53.1 Å². The normalized spacial score (nSPS) is 10.9. The molecule has 4 rings (SSSR count). The van der Waals surface area contributed by atoms with Crippen molar-refractivity contribution in [1.82, 2.24) is 9.55 Å². The summed E-state index contributed by atoms with van der Waals surface area (Å²) in [5.74, 6) is 1.41. The van der Waals surface area contributed by atoms with E-state index in [9.17, 15) is 10.2 Å². The Hall–Kier alpha value is -4.19. The summed E-state index contributed by atoms with van der Waals surface area (Å²) in [6.07, 6.45) is 4.87. The van der Waals surface area contributed by atoms with Crippen LogP contribution in [0.3, 0.4) is 0 Å². The molecular formula is C28H28N2O4. The summed E-state index contributed by atoms with van der Waals surface area (Å²) in [5.41, 5.74) is 4.78.